The summed E-state index contributed by atoms with van der Waals surface area (Å²) >= 11 is 3.32. The normalized spacial score (nSPS) is 10.3. The van der Waals surface area contributed by atoms with Crippen LogP contribution in [0.3, 0.4) is 0 Å². The van der Waals surface area contributed by atoms with Crippen molar-refractivity contribution >= 4 is 27.7 Å². The van der Waals surface area contributed by atoms with Crippen LogP contribution in [0.25, 0.3) is 0 Å². The Hall–Kier alpha value is -1.40. The van der Waals surface area contributed by atoms with Gasteiger partial charge in [0.05, 0.1) is 0 Å². The molecule has 0 heterocycles. The molecule has 0 spiro atoms. The van der Waals surface area contributed by atoms with Gasteiger partial charge in [-0.2, -0.15) is 0 Å². The van der Waals surface area contributed by atoms with Crippen LogP contribution in [0.4, 0.5) is 0 Å². The van der Waals surface area contributed by atoms with Gasteiger partial charge in [0.1, 0.15) is 0 Å². The lowest BCUT2D eigenvalue weighted by Gasteiger charge is -2.07. The third-order valence-electron chi connectivity index (χ3n) is 3.20. The molecule has 0 saturated carbocycles. The maximum atomic E-state index is 11.8. The number of nitrogens with one attached hydrogen (secondary N) is 2. The van der Waals surface area contributed by atoms with Crippen LogP contribution in [0.1, 0.15) is 42.5 Å². The van der Waals surface area contributed by atoms with Gasteiger partial charge in [-0.25, -0.2) is 0 Å². The molecule has 1 aromatic carbocycles. The minimum atomic E-state index is -0.136. The molecule has 0 atom stereocenters. The molecule has 122 valence electrons. The summed E-state index contributed by atoms with van der Waals surface area (Å²) in [6.07, 6.45) is 4.55. The Morgan fingerprint density at radius 2 is 1.59 bits per heavy atom. The van der Waals surface area contributed by atoms with Gasteiger partial charge in [-0.1, -0.05) is 28.8 Å². The predicted molar refractivity (Wildman–Crippen MR) is 91.6 cm³/mol. The molecule has 22 heavy (non-hydrogen) atoms. The average molecular weight is 370 g/mol. The first kappa shape index (κ1) is 18.6. The summed E-state index contributed by atoms with van der Waals surface area (Å²) in [6, 6.07) is 7.14. The zero-order chi connectivity index (χ0) is 16.2. The molecule has 0 aromatic heterocycles. The molecule has 1 rings (SSSR count). The van der Waals surface area contributed by atoms with E-state index in [2.05, 4.69) is 26.6 Å². The maximum absolute atomic E-state index is 11.8. The van der Waals surface area contributed by atoms with Crippen molar-refractivity contribution in [3.63, 3.8) is 0 Å². The van der Waals surface area contributed by atoms with Crippen molar-refractivity contribution in [2.24, 2.45) is 5.73 Å². The highest BCUT2D eigenvalue weighted by atomic mass is 79.9. The number of amides is 2. The first-order valence-corrected chi connectivity index (χ1v) is 8.43. The van der Waals surface area contributed by atoms with Gasteiger partial charge in [-0.15, -0.1) is 0 Å². The Morgan fingerprint density at radius 1 is 0.955 bits per heavy atom. The molecule has 0 fully saturated rings. The van der Waals surface area contributed by atoms with E-state index in [4.69, 9.17) is 5.73 Å². The molecule has 1 aromatic rings. The van der Waals surface area contributed by atoms with E-state index < -0.39 is 0 Å². The molecule has 0 radical (unpaired) electrons. The lowest BCUT2D eigenvalue weighted by molar-refractivity contribution is -0.121. The highest BCUT2D eigenvalue weighted by molar-refractivity contribution is 9.10. The minimum Gasteiger partial charge on any atom is -0.354 e. The number of nitrogens with two attached hydrogens (primary N) is 1. The van der Waals surface area contributed by atoms with Crippen molar-refractivity contribution in [2.75, 3.05) is 19.6 Å². The molecule has 0 bridgehead atoms. The average Bonchev–Trinajstić information content (AvgIpc) is 2.52. The first-order valence-electron chi connectivity index (χ1n) is 7.64. The third kappa shape index (κ3) is 8.14. The predicted octanol–water partition coefficient (Wildman–Crippen LogP) is 2.20. The summed E-state index contributed by atoms with van der Waals surface area (Å²) in [6.45, 7) is 1.59. The zero-order valence-electron chi connectivity index (χ0n) is 12.7. The van der Waals surface area contributed by atoms with E-state index in [0.717, 1.165) is 30.2 Å². The topological polar surface area (TPSA) is 84.2 Å². The van der Waals surface area contributed by atoms with E-state index in [9.17, 15) is 9.59 Å². The Morgan fingerprint density at radius 3 is 2.27 bits per heavy atom. The van der Waals surface area contributed by atoms with E-state index in [1.54, 1.807) is 12.1 Å². The summed E-state index contributed by atoms with van der Waals surface area (Å²) in [7, 11) is 0. The third-order valence-corrected chi connectivity index (χ3v) is 3.73. The van der Waals surface area contributed by atoms with Crippen LogP contribution in [0, 0.1) is 0 Å². The SMILES string of the molecule is NCCCCCCC(=O)NCCNC(=O)c1ccc(Br)cc1. The van der Waals surface area contributed by atoms with Gasteiger partial charge in [0, 0.05) is 29.5 Å². The number of halogens is 1. The lowest BCUT2D eigenvalue weighted by Crippen LogP contribution is -2.34. The van der Waals surface area contributed by atoms with Crippen LogP contribution in [0.5, 0.6) is 0 Å². The molecule has 0 aliphatic heterocycles. The van der Waals surface area contributed by atoms with Crippen molar-refractivity contribution in [2.45, 2.75) is 32.1 Å². The summed E-state index contributed by atoms with van der Waals surface area (Å²) < 4.78 is 0.933. The van der Waals surface area contributed by atoms with Crippen LogP contribution in [0.15, 0.2) is 28.7 Å². The van der Waals surface area contributed by atoms with Crippen molar-refractivity contribution < 1.29 is 9.59 Å². The minimum absolute atomic E-state index is 0.0330. The first-order chi connectivity index (χ1) is 10.6. The zero-order valence-corrected chi connectivity index (χ0v) is 14.3. The van der Waals surface area contributed by atoms with Gasteiger partial charge in [0.25, 0.3) is 5.91 Å². The van der Waals surface area contributed by atoms with Gasteiger partial charge < -0.3 is 16.4 Å². The molecule has 0 unspecified atom stereocenters. The van der Waals surface area contributed by atoms with E-state index >= 15 is 0 Å². The fourth-order valence-electron chi connectivity index (χ4n) is 1.95. The number of carbonyl (C=O) groups excluding carboxylic acids is 2. The van der Waals surface area contributed by atoms with Crippen LogP contribution in [-0.4, -0.2) is 31.4 Å². The summed E-state index contributed by atoms with van der Waals surface area (Å²) in [5.41, 5.74) is 6.02. The molecule has 2 amide bonds. The standard InChI is InChI=1S/C16H24BrN3O2/c17-14-8-6-13(7-9-14)16(22)20-12-11-19-15(21)5-3-1-2-4-10-18/h6-9H,1-5,10-12,18H2,(H,19,21)(H,20,22). The second kappa shape index (κ2) is 11.2. The van der Waals surface area contributed by atoms with Crippen molar-refractivity contribution in [1.29, 1.82) is 0 Å². The number of unbranched alkanes of at least 4 members (excludes halogenated alkanes) is 3. The Bertz CT molecular complexity index is 463. The smallest absolute Gasteiger partial charge is 0.251 e. The van der Waals surface area contributed by atoms with Crippen LogP contribution < -0.4 is 16.4 Å². The monoisotopic (exact) mass is 369 g/mol. The summed E-state index contributed by atoms with van der Waals surface area (Å²) in [5, 5.41) is 5.58. The second-order valence-electron chi connectivity index (χ2n) is 5.07. The van der Waals surface area contributed by atoms with E-state index in [-0.39, 0.29) is 11.8 Å². The van der Waals surface area contributed by atoms with Crippen LogP contribution in [-0.2, 0) is 4.79 Å². The largest absolute Gasteiger partial charge is 0.354 e. The van der Waals surface area contributed by atoms with Crippen LogP contribution in [0.2, 0.25) is 0 Å². The molecule has 0 saturated heterocycles. The molecule has 4 N–H and O–H groups in total. The number of hydrogen-bond acceptors (Lipinski definition) is 3. The van der Waals surface area contributed by atoms with Gasteiger partial charge in [-0.05, 0) is 43.7 Å². The summed E-state index contributed by atoms with van der Waals surface area (Å²) in [5.74, 6) is -0.103. The Labute approximate surface area is 140 Å². The van der Waals surface area contributed by atoms with E-state index in [1.807, 2.05) is 12.1 Å². The highest BCUT2D eigenvalue weighted by Crippen LogP contribution is 2.10. The quantitative estimate of drug-likeness (QED) is 0.552. The Kier molecular flexibility index (Phi) is 9.50. The number of carbonyl (C=O) groups is 2. The maximum Gasteiger partial charge on any atom is 0.251 e. The molecule has 0 aliphatic carbocycles. The number of hydrogen-bond donors (Lipinski definition) is 3. The molecule has 5 nitrogen and oxygen atoms in total. The van der Waals surface area contributed by atoms with Crippen molar-refractivity contribution in [1.82, 2.24) is 10.6 Å². The fourth-order valence-corrected chi connectivity index (χ4v) is 2.22. The van der Waals surface area contributed by atoms with Gasteiger partial charge >= 0.3 is 0 Å². The fraction of sp³-hybridized carbons (Fsp3) is 0.500. The van der Waals surface area contributed by atoms with E-state index in [0.29, 0.717) is 31.6 Å². The van der Waals surface area contributed by atoms with Crippen molar-refractivity contribution in [3.8, 4) is 0 Å². The Balaban J connectivity index is 2.08. The number of benzene rings is 1. The molecule has 0 aliphatic rings. The van der Waals surface area contributed by atoms with Gasteiger partial charge in [0.2, 0.25) is 5.91 Å². The van der Waals surface area contributed by atoms with Gasteiger partial charge in [-0.3, -0.25) is 9.59 Å². The molecular weight excluding hydrogens is 346 g/mol. The van der Waals surface area contributed by atoms with Crippen LogP contribution >= 0.6 is 15.9 Å². The van der Waals surface area contributed by atoms with Gasteiger partial charge in [0.15, 0.2) is 0 Å². The summed E-state index contributed by atoms with van der Waals surface area (Å²) in [4.78, 5) is 23.4. The molecular formula is C16H24BrN3O2. The number of rotatable bonds is 10. The molecule has 6 heteroatoms. The van der Waals surface area contributed by atoms with E-state index in [1.165, 1.54) is 0 Å². The second-order valence-corrected chi connectivity index (χ2v) is 5.98. The van der Waals surface area contributed by atoms with Crippen molar-refractivity contribution in [3.05, 3.63) is 34.3 Å². The lowest BCUT2D eigenvalue weighted by atomic mass is 10.1. The highest BCUT2D eigenvalue weighted by Gasteiger charge is 2.05.